The fourth-order valence-corrected chi connectivity index (χ4v) is 2.97. The van der Waals surface area contributed by atoms with E-state index in [2.05, 4.69) is 26.1 Å². The lowest BCUT2D eigenvalue weighted by molar-refractivity contribution is -0.144. The first-order valence-electron chi connectivity index (χ1n) is 6.79. The molecule has 0 bridgehead atoms. The zero-order valence-corrected chi connectivity index (χ0v) is 11.8. The zero-order chi connectivity index (χ0) is 12.9. The molecule has 17 heavy (non-hydrogen) atoms. The maximum Gasteiger partial charge on any atom is 0.307 e. The average molecular weight is 241 g/mol. The van der Waals surface area contributed by atoms with Crippen molar-refractivity contribution in [1.82, 2.24) is 5.32 Å². The molecule has 3 nitrogen and oxygen atoms in total. The van der Waals surface area contributed by atoms with Crippen molar-refractivity contribution in [1.29, 1.82) is 0 Å². The van der Waals surface area contributed by atoms with Crippen LogP contribution in [0.1, 0.15) is 59.3 Å². The molecular weight excluding hydrogens is 214 g/mol. The molecular formula is C14H27NO2. The summed E-state index contributed by atoms with van der Waals surface area (Å²) in [4.78, 5) is 11.7. The van der Waals surface area contributed by atoms with E-state index in [1.807, 2.05) is 0 Å². The Kier molecular flexibility index (Phi) is 4.99. The van der Waals surface area contributed by atoms with Crippen LogP contribution in [0.5, 0.6) is 0 Å². The fraction of sp³-hybridized carbons (Fsp3) is 0.929. The molecule has 0 saturated heterocycles. The summed E-state index contributed by atoms with van der Waals surface area (Å²) in [6.45, 7) is 7.69. The van der Waals surface area contributed by atoms with Gasteiger partial charge in [0.25, 0.3) is 0 Å². The second-order valence-electron chi connectivity index (χ2n) is 5.85. The van der Waals surface area contributed by atoms with E-state index in [0.29, 0.717) is 6.42 Å². The Bertz CT molecular complexity index is 263. The Morgan fingerprint density at radius 1 is 1.29 bits per heavy atom. The topological polar surface area (TPSA) is 38.3 Å². The van der Waals surface area contributed by atoms with Crippen molar-refractivity contribution in [3.63, 3.8) is 0 Å². The number of rotatable bonds is 5. The van der Waals surface area contributed by atoms with E-state index >= 15 is 0 Å². The minimum atomic E-state index is -0.0939. The van der Waals surface area contributed by atoms with Crippen molar-refractivity contribution < 1.29 is 9.53 Å². The van der Waals surface area contributed by atoms with E-state index in [0.717, 1.165) is 19.4 Å². The van der Waals surface area contributed by atoms with Gasteiger partial charge in [0, 0.05) is 5.54 Å². The van der Waals surface area contributed by atoms with E-state index in [9.17, 15) is 4.79 Å². The monoisotopic (exact) mass is 241 g/mol. The Morgan fingerprint density at radius 2 is 1.94 bits per heavy atom. The van der Waals surface area contributed by atoms with E-state index in [1.165, 1.54) is 26.4 Å². The summed E-state index contributed by atoms with van der Waals surface area (Å²) in [7, 11) is 1.48. The largest absolute Gasteiger partial charge is 0.469 e. The van der Waals surface area contributed by atoms with Gasteiger partial charge in [0.1, 0.15) is 0 Å². The van der Waals surface area contributed by atoms with E-state index in [4.69, 9.17) is 4.74 Å². The minimum absolute atomic E-state index is 0.0750. The predicted molar refractivity (Wildman–Crippen MR) is 69.9 cm³/mol. The number of hydrogen-bond donors (Lipinski definition) is 1. The molecule has 0 aromatic rings. The SMILES string of the molecule is CCCNC1(CC(=O)OC)CCCCC1(C)C. The van der Waals surface area contributed by atoms with Crippen LogP contribution in [-0.2, 0) is 9.53 Å². The third-order valence-electron chi connectivity index (χ3n) is 4.34. The first kappa shape index (κ1) is 14.5. The lowest BCUT2D eigenvalue weighted by Gasteiger charge is -2.50. The van der Waals surface area contributed by atoms with Gasteiger partial charge in [0.05, 0.1) is 13.5 Å². The number of hydrogen-bond acceptors (Lipinski definition) is 3. The quantitative estimate of drug-likeness (QED) is 0.752. The van der Waals surface area contributed by atoms with Crippen LogP contribution in [0.2, 0.25) is 0 Å². The summed E-state index contributed by atoms with van der Waals surface area (Å²) in [5.74, 6) is -0.0939. The molecule has 1 aliphatic carbocycles. The molecule has 0 spiro atoms. The van der Waals surface area contributed by atoms with Gasteiger partial charge in [0.2, 0.25) is 0 Å². The molecule has 1 unspecified atom stereocenters. The summed E-state index contributed by atoms with van der Waals surface area (Å²) < 4.78 is 4.87. The van der Waals surface area contributed by atoms with Crippen LogP contribution in [0.15, 0.2) is 0 Å². The van der Waals surface area contributed by atoms with Crippen LogP contribution in [0, 0.1) is 5.41 Å². The first-order chi connectivity index (χ1) is 7.97. The van der Waals surface area contributed by atoms with Gasteiger partial charge in [0.15, 0.2) is 0 Å². The Labute approximate surface area is 105 Å². The van der Waals surface area contributed by atoms with Crippen LogP contribution in [0.4, 0.5) is 0 Å². The predicted octanol–water partition coefficient (Wildman–Crippen LogP) is 2.89. The van der Waals surface area contributed by atoms with Gasteiger partial charge in [-0.25, -0.2) is 0 Å². The fourth-order valence-electron chi connectivity index (χ4n) is 2.97. The molecule has 0 radical (unpaired) electrons. The van der Waals surface area contributed by atoms with Crippen LogP contribution in [-0.4, -0.2) is 25.2 Å². The highest BCUT2D eigenvalue weighted by Crippen LogP contribution is 2.45. The minimum Gasteiger partial charge on any atom is -0.469 e. The summed E-state index contributed by atoms with van der Waals surface area (Å²) in [5, 5.41) is 3.64. The third-order valence-corrected chi connectivity index (χ3v) is 4.34. The van der Waals surface area contributed by atoms with Crippen molar-refractivity contribution in [2.45, 2.75) is 64.8 Å². The molecule has 0 aliphatic heterocycles. The van der Waals surface area contributed by atoms with Gasteiger partial charge in [-0.3, -0.25) is 4.79 Å². The molecule has 1 N–H and O–H groups in total. The molecule has 1 fully saturated rings. The van der Waals surface area contributed by atoms with Crippen LogP contribution in [0.25, 0.3) is 0 Å². The highest BCUT2D eigenvalue weighted by atomic mass is 16.5. The maximum absolute atomic E-state index is 11.7. The molecule has 3 heteroatoms. The smallest absolute Gasteiger partial charge is 0.307 e. The van der Waals surface area contributed by atoms with Crippen molar-refractivity contribution in [3.05, 3.63) is 0 Å². The molecule has 0 amide bonds. The van der Waals surface area contributed by atoms with Gasteiger partial charge in [-0.2, -0.15) is 0 Å². The van der Waals surface area contributed by atoms with Crippen LogP contribution >= 0.6 is 0 Å². The summed E-state index contributed by atoms with van der Waals surface area (Å²) in [5.41, 5.74) is 0.0863. The normalized spacial score (nSPS) is 27.8. The molecule has 100 valence electrons. The van der Waals surface area contributed by atoms with E-state index in [-0.39, 0.29) is 16.9 Å². The number of nitrogens with one attached hydrogen (secondary N) is 1. The molecule has 1 aliphatic rings. The molecule has 0 aromatic carbocycles. The Hall–Kier alpha value is -0.570. The third kappa shape index (κ3) is 3.21. The van der Waals surface area contributed by atoms with Gasteiger partial charge < -0.3 is 10.1 Å². The van der Waals surface area contributed by atoms with Crippen molar-refractivity contribution >= 4 is 5.97 Å². The molecule has 0 heterocycles. The number of carbonyl (C=O) groups excluding carboxylic acids is 1. The maximum atomic E-state index is 11.7. The Balaban J connectivity index is 2.85. The van der Waals surface area contributed by atoms with Gasteiger partial charge in [-0.05, 0) is 31.2 Å². The Morgan fingerprint density at radius 3 is 2.47 bits per heavy atom. The summed E-state index contributed by atoms with van der Waals surface area (Å²) >= 11 is 0. The first-order valence-corrected chi connectivity index (χ1v) is 6.79. The molecule has 0 aromatic heterocycles. The standard InChI is InChI=1S/C14H27NO2/c1-5-10-15-14(11-12(16)17-4)9-7-6-8-13(14,2)3/h15H,5-11H2,1-4H3. The highest BCUT2D eigenvalue weighted by Gasteiger charge is 2.47. The average Bonchev–Trinajstić information content (AvgIpc) is 2.29. The number of esters is 1. The molecule has 1 saturated carbocycles. The van der Waals surface area contributed by atoms with Crippen molar-refractivity contribution in [2.75, 3.05) is 13.7 Å². The van der Waals surface area contributed by atoms with Crippen LogP contribution in [0.3, 0.4) is 0 Å². The van der Waals surface area contributed by atoms with Crippen molar-refractivity contribution in [3.8, 4) is 0 Å². The lowest BCUT2D eigenvalue weighted by Crippen LogP contribution is -2.59. The van der Waals surface area contributed by atoms with Gasteiger partial charge in [-0.1, -0.05) is 33.6 Å². The second kappa shape index (κ2) is 5.85. The van der Waals surface area contributed by atoms with Gasteiger partial charge in [-0.15, -0.1) is 0 Å². The highest BCUT2D eigenvalue weighted by molar-refractivity contribution is 5.71. The van der Waals surface area contributed by atoms with E-state index < -0.39 is 0 Å². The van der Waals surface area contributed by atoms with Crippen molar-refractivity contribution in [2.24, 2.45) is 5.41 Å². The summed E-state index contributed by atoms with van der Waals surface area (Å²) in [6.07, 6.45) is 6.33. The van der Waals surface area contributed by atoms with Gasteiger partial charge >= 0.3 is 5.97 Å². The van der Waals surface area contributed by atoms with Crippen LogP contribution < -0.4 is 5.32 Å². The molecule has 1 rings (SSSR count). The number of methoxy groups -OCH3 is 1. The van der Waals surface area contributed by atoms with E-state index in [1.54, 1.807) is 0 Å². The zero-order valence-electron chi connectivity index (χ0n) is 11.8. The lowest BCUT2D eigenvalue weighted by atomic mass is 9.61. The number of carbonyl (C=O) groups is 1. The summed E-state index contributed by atoms with van der Waals surface area (Å²) in [6, 6.07) is 0. The molecule has 1 atom stereocenters. The number of ether oxygens (including phenoxy) is 1. The second-order valence-corrected chi connectivity index (χ2v) is 5.85.